The highest BCUT2D eigenvalue weighted by Gasteiger charge is 2.07. The van der Waals surface area contributed by atoms with Crippen LogP contribution in [0.2, 0.25) is 0 Å². The van der Waals surface area contributed by atoms with E-state index in [0.29, 0.717) is 17.9 Å². The lowest BCUT2D eigenvalue weighted by atomic mass is 10.2. The van der Waals surface area contributed by atoms with Gasteiger partial charge in [-0.1, -0.05) is 26.2 Å². The molecule has 0 aromatic heterocycles. The molecule has 1 radical (unpaired) electrons. The van der Waals surface area contributed by atoms with Crippen molar-refractivity contribution in [2.75, 3.05) is 13.7 Å². The van der Waals surface area contributed by atoms with Crippen molar-refractivity contribution in [2.45, 2.75) is 25.7 Å². The average Bonchev–Trinajstić information content (AvgIpc) is 2.42. The zero-order valence-corrected chi connectivity index (χ0v) is 10.7. The van der Waals surface area contributed by atoms with E-state index in [4.69, 9.17) is 9.62 Å². The fraction of sp³-hybridized carbons (Fsp3) is 0.429. The van der Waals surface area contributed by atoms with E-state index < -0.39 is 5.97 Å². The minimum atomic E-state index is -0.491. The maximum Gasteiger partial charge on any atom is 0.373 e. The number of hydrogen-bond acceptors (Lipinski definition) is 4. The van der Waals surface area contributed by atoms with E-state index in [1.54, 1.807) is 31.4 Å². The van der Waals surface area contributed by atoms with Crippen LogP contribution >= 0.6 is 0 Å². The SMILES string of the molecule is [CH2]CCCCCOOC(=O)c1ccc(OC)cc1. The van der Waals surface area contributed by atoms with E-state index in [1.807, 2.05) is 0 Å². The van der Waals surface area contributed by atoms with Crippen LogP contribution in [0.5, 0.6) is 5.75 Å². The Morgan fingerprint density at radius 1 is 1.17 bits per heavy atom. The first-order valence-corrected chi connectivity index (χ1v) is 6.05. The van der Waals surface area contributed by atoms with Crippen molar-refractivity contribution in [1.29, 1.82) is 0 Å². The third kappa shape index (κ3) is 5.19. The molecule has 0 heterocycles. The minimum absolute atomic E-state index is 0.419. The molecule has 0 spiro atoms. The number of benzene rings is 1. The number of carbonyl (C=O) groups is 1. The molecule has 0 aliphatic rings. The Kier molecular flexibility index (Phi) is 6.87. The van der Waals surface area contributed by atoms with Gasteiger partial charge in [-0.25, -0.2) is 4.79 Å². The van der Waals surface area contributed by atoms with Gasteiger partial charge in [0.2, 0.25) is 0 Å². The van der Waals surface area contributed by atoms with E-state index in [-0.39, 0.29) is 0 Å². The van der Waals surface area contributed by atoms with E-state index in [2.05, 4.69) is 11.8 Å². The van der Waals surface area contributed by atoms with Gasteiger partial charge in [-0.3, -0.25) is 4.89 Å². The molecule has 4 nitrogen and oxygen atoms in total. The molecule has 18 heavy (non-hydrogen) atoms. The fourth-order valence-corrected chi connectivity index (χ4v) is 1.38. The Hall–Kier alpha value is -1.55. The third-order valence-corrected chi connectivity index (χ3v) is 2.44. The van der Waals surface area contributed by atoms with E-state index in [0.717, 1.165) is 25.7 Å². The zero-order valence-electron chi connectivity index (χ0n) is 10.7. The molecule has 1 aromatic carbocycles. The Morgan fingerprint density at radius 3 is 2.50 bits per heavy atom. The van der Waals surface area contributed by atoms with Crippen molar-refractivity contribution in [3.8, 4) is 5.75 Å². The summed E-state index contributed by atoms with van der Waals surface area (Å²) in [6.45, 7) is 4.17. The summed E-state index contributed by atoms with van der Waals surface area (Å²) < 4.78 is 5.00. The van der Waals surface area contributed by atoms with Crippen LogP contribution in [-0.4, -0.2) is 19.7 Å². The molecule has 0 fully saturated rings. The summed E-state index contributed by atoms with van der Waals surface area (Å²) >= 11 is 0. The van der Waals surface area contributed by atoms with Gasteiger partial charge in [-0.2, -0.15) is 4.89 Å². The van der Waals surface area contributed by atoms with Gasteiger partial charge in [-0.15, -0.1) is 0 Å². The van der Waals surface area contributed by atoms with Crippen LogP contribution in [0.3, 0.4) is 0 Å². The number of unbranched alkanes of at least 4 members (excludes halogenated alkanes) is 3. The summed E-state index contributed by atoms with van der Waals surface area (Å²) in [5.41, 5.74) is 0.438. The topological polar surface area (TPSA) is 44.8 Å². The van der Waals surface area contributed by atoms with Gasteiger partial charge in [0.05, 0.1) is 19.3 Å². The maximum absolute atomic E-state index is 11.5. The van der Waals surface area contributed by atoms with Crippen LogP contribution in [0.1, 0.15) is 36.0 Å². The lowest BCUT2D eigenvalue weighted by Gasteiger charge is -2.04. The highest BCUT2D eigenvalue weighted by molar-refractivity contribution is 5.89. The first-order chi connectivity index (χ1) is 8.77. The molecule has 1 rings (SSSR count). The molecule has 0 saturated heterocycles. The largest absolute Gasteiger partial charge is 0.497 e. The van der Waals surface area contributed by atoms with Crippen LogP contribution in [-0.2, 0) is 9.78 Å². The molecule has 4 heteroatoms. The second-order valence-electron chi connectivity index (χ2n) is 3.84. The monoisotopic (exact) mass is 251 g/mol. The molecule has 0 atom stereocenters. The zero-order chi connectivity index (χ0) is 13.2. The smallest absolute Gasteiger partial charge is 0.373 e. The third-order valence-electron chi connectivity index (χ3n) is 2.44. The molecule has 1 aromatic rings. The number of carbonyl (C=O) groups excluding carboxylic acids is 1. The van der Waals surface area contributed by atoms with Crippen LogP contribution in [0.25, 0.3) is 0 Å². The van der Waals surface area contributed by atoms with Gasteiger partial charge in [0.1, 0.15) is 5.75 Å². The van der Waals surface area contributed by atoms with E-state index >= 15 is 0 Å². The molecule has 0 aliphatic carbocycles. The second-order valence-corrected chi connectivity index (χ2v) is 3.84. The van der Waals surface area contributed by atoms with Crippen LogP contribution in [0.4, 0.5) is 0 Å². The average molecular weight is 251 g/mol. The summed E-state index contributed by atoms with van der Waals surface area (Å²) in [4.78, 5) is 21.1. The molecule has 0 aliphatic heterocycles. The molecule has 0 amide bonds. The standard InChI is InChI=1S/C14H19O4/c1-3-4-5-6-11-17-18-14(15)12-7-9-13(16-2)10-8-12/h7-10H,1,3-6,11H2,2H3. The summed E-state index contributed by atoms with van der Waals surface area (Å²) in [6, 6.07) is 6.66. The van der Waals surface area contributed by atoms with Crippen molar-refractivity contribution in [3.05, 3.63) is 36.8 Å². The minimum Gasteiger partial charge on any atom is -0.497 e. The normalized spacial score (nSPS) is 10.1. The lowest BCUT2D eigenvalue weighted by molar-refractivity contribution is -0.241. The number of hydrogen-bond donors (Lipinski definition) is 0. The van der Waals surface area contributed by atoms with Crippen molar-refractivity contribution in [2.24, 2.45) is 0 Å². The van der Waals surface area contributed by atoms with Gasteiger partial charge in [0.25, 0.3) is 0 Å². The summed E-state index contributed by atoms with van der Waals surface area (Å²) in [7, 11) is 1.57. The molecule has 0 bridgehead atoms. The first kappa shape index (κ1) is 14.5. The molecular weight excluding hydrogens is 232 g/mol. The van der Waals surface area contributed by atoms with Crippen molar-refractivity contribution < 1.29 is 19.3 Å². The molecule has 0 N–H and O–H groups in total. The molecule has 99 valence electrons. The highest BCUT2D eigenvalue weighted by atomic mass is 17.2. The van der Waals surface area contributed by atoms with E-state index in [9.17, 15) is 4.79 Å². The molecule has 0 unspecified atom stereocenters. The fourth-order valence-electron chi connectivity index (χ4n) is 1.38. The predicted octanol–water partition coefficient (Wildman–Crippen LogP) is 3.18. The maximum atomic E-state index is 11.5. The number of methoxy groups -OCH3 is 1. The predicted molar refractivity (Wildman–Crippen MR) is 68.2 cm³/mol. The first-order valence-electron chi connectivity index (χ1n) is 6.05. The van der Waals surface area contributed by atoms with Crippen molar-refractivity contribution in [3.63, 3.8) is 0 Å². The second kappa shape index (κ2) is 8.53. The Labute approximate surface area is 108 Å². The molecular formula is C14H19O4. The van der Waals surface area contributed by atoms with Crippen LogP contribution in [0, 0.1) is 6.92 Å². The highest BCUT2D eigenvalue weighted by Crippen LogP contribution is 2.12. The van der Waals surface area contributed by atoms with Gasteiger partial charge in [-0.05, 0) is 30.7 Å². The van der Waals surface area contributed by atoms with Gasteiger partial charge in [0, 0.05) is 0 Å². The Morgan fingerprint density at radius 2 is 1.89 bits per heavy atom. The van der Waals surface area contributed by atoms with Crippen molar-refractivity contribution >= 4 is 5.97 Å². The van der Waals surface area contributed by atoms with Gasteiger partial charge < -0.3 is 4.74 Å². The van der Waals surface area contributed by atoms with Crippen molar-refractivity contribution in [1.82, 2.24) is 0 Å². The Balaban J connectivity index is 2.23. The summed E-state index contributed by atoms with van der Waals surface area (Å²) in [6.07, 6.45) is 3.89. The summed E-state index contributed by atoms with van der Waals surface area (Å²) in [5.74, 6) is 0.204. The molecule has 0 saturated carbocycles. The Bertz CT molecular complexity index is 345. The lowest BCUT2D eigenvalue weighted by Crippen LogP contribution is -2.06. The number of ether oxygens (including phenoxy) is 1. The summed E-state index contributed by atoms with van der Waals surface area (Å²) in [5, 5.41) is 0. The van der Waals surface area contributed by atoms with Crippen LogP contribution < -0.4 is 4.74 Å². The number of rotatable bonds is 8. The van der Waals surface area contributed by atoms with E-state index in [1.165, 1.54) is 0 Å². The quantitative estimate of drug-likeness (QED) is 0.404. The van der Waals surface area contributed by atoms with Crippen LogP contribution in [0.15, 0.2) is 24.3 Å². The van der Waals surface area contributed by atoms with Gasteiger partial charge >= 0.3 is 5.97 Å². The van der Waals surface area contributed by atoms with Gasteiger partial charge in [0.15, 0.2) is 0 Å².